The van der Waals surface area contributed by atoms with E-state index in [-0.39, 0.29) is 29.7 Å². The summed E-state index contributed by atoms with van der Waals surface area (Å²) in [4.78, 5) is 20.3. The van der Waals surface area contributed by atoms with E-state index in [1.165, 1.54) is 12.1 Å². The number of fused-ring (bicyclic) bond motifs is 3. The Labute approximate surface area is 214 Å². The van der Waals surface area contributed by atoms with Gasteiger partial charge in [0, 0.05) is 30.4 Å². The van der Waals surface area contributed by atoms with Crippen LogP contribution in [0.15, 0.2) is 65.6 Å². The van der Waals surface area contributed by atoms with Crippen LogP contribution in [0.2, 0.25) is 0 Å². The number of hydrogen-bond donors (Lipinski definition) is 0. The highest BCUT2D eigenvalue weighted by molar-refractivity contribution is 5.67. The molecule has 2 aromatic heterocycles. The van der Waals surface area contributed by atoms with Gasteiger partial charge in [0.15, 0.2) is 0 Å². The first-order valence-corrected chi connectivity index (χ1v) is 11.4. The molecule has 11 heteroatoms. The Morgan fingerprint density at radius 1 is 1.08 bits per heavy atom. The third kappa shape index (κ3) is 5.01. The third-order valence-electron chi connectivity index (χ3n) is 6.01. The quantitative estimate of drug-likeness (QED) is 0.348. The average Bonchev–Trinajstić information content (AvgIpc) is 2.91. The molecule has 0 N–H and O–H groups in total. The fourth-order valence-electron chi connectivity index (χ4n) is 4.11. The maximum Gasteiger partial charge on any atom is 0.417 e. The van der Waals surface area contributed by atoms with Crippen molar-refractivity contribution >= 4 is 0 Å². The summed E-state index contributed by atoms with van der Waals surface area (Å²) >= 11 is 0. The minimum Gasteiger partial charge on any atom is -0.497 e. The van der Waals surface area contributed by atoms with E-state index < -0.39 is 17.4 Å². The van der Waals surface area contributed by atoms with Crippen LogP contribution in [0.5, 0.6) is 23.3 Å². The van der Waals surface area contributed by atoms with Gasteiger partial charge in [-0.05, 0) is 53.9 Å². The molecule has 0 spiro atoms. The minimum absolute atomic E-state index is 0.0128. The van der Waals surface area contributed by atoms with E-state index in [1.54, 1.807) is 23.8 Å². The molecule has 0 unspecified atom stereocenters. The second kappa shape index (κ2) is 9.89. The van der Waals surface area contributed by atoms with Crippen LogP contribution in [-0.4, -0.2) is 21.6 Å². The van der Waals surface area contributed by atoms with E-state index in [0.29, 0.717) is 30.4 Å². The number of aromatic nitrogens is 3. The first-order valence-electron chi connectivity index (χ1n) is 11.4. The summed E-state index contributed by atoms with van der Waals surface area (Å²) in [6.45, 7) is 0.501. The zero-order chi connectivity index (χ0) is 26.9. The number of rotatable bonds is 6. The summed E-state index contributed by atoms with van der Waals surface area (Å²) in [5, 5.41) is 9.55. The predicted octanol–water partition coefficient (Wildman–Crippen LogP) is 5.13. The maximum atomic E-state index is 12.7. The average molecular weight is 520 g/mol. The molecule has 1 aliphatic heterocycles. The van der Waals surface area contributed by atoms with Crippen LogP contribution in [-0.2, 0) is 25.7 Å². The van der Waals surface area contributed by atoms with Crippen molar-refractivity contribution in [1.82, 2.24) is 14.5 Å². The van der Waals surface area contributed by atoms with E-state index in [0.717, 1.165) is 29.0 Å². The van der Waals surface area contributed by atoms with E-state index in [4.69, 9.17) is 14.2 Å². The van der Waals surface area contributed by atoms with Gasteiger partial charge in [-0.15, -0.1) is 0 Å². The molecule has 0 atom stereocenters. The molecule has 3 heterocycles. The van der Waals surface area contributed by atoms with Crippen molar-refractivity contribution < 1.29 is 27.4 Å². The number of alkyl halides is 3. The van der Waals surface area contributed by atoms with Crippen LogP contribution in [0.25, 0.3) is 11.3 Å². The third-order valence-corrected chi connectivity index (χ3v) is 6.01. The van der Waals surface area contributed by atoms with Crippen molar-refractivity contribution in [3.8, 4) is 40.6 Å². The van der Waals surface area contributed by atoms with E-state index in [2.05, 4.69) is 9.97 Å². The molecule has 0 aliphatic carbocycles. The van der Waals surface area contributed by atoms with Gasteiger partial charge >= 0.3 is 11.9 Å². The topological polar surface area (TPSA) is 99.3 Å². The van der Waals surface area contributed by atoms with E-state index >= 15 is 0 Å². The molecule has 0 saturated carbocycles. The molecule has 0 bridgehead atoms. The monoisotopic (exact) mass is 520 g/mol. The van der Waals surface area contributed by atoms with Gasteiger partial charge in [0.1, 0.15) is 24.2 Å². The highest BCUT2D eigenvalue weighted by Crippen LogP contribution is 2.33. The fourth-order valence-corrected chi connectivity index (χ4v) is 4.11. The molecule has 0 amide bonds. The van der Waals surface area contributed by atoms with Crippen LogP contribution in [0.4, 0.5) is 13.2 Å². The minimum atomic E-state index is -4.51. The molecule has 8 nitrogen and oxygen atoms in total. The lowest BCUT2D eigenvalue weighted by atomic mass is 9.97. The number of nitrogens with zero attached hydrogens (tertiary/aromatic N) is 4. The first kappa shape index (κ1) is 24.8. The SMILES string of the molecule is COc1ccc2c(c1)CCn1c-2cc(OCc2ccc(Oc3ccc(C(F)(F)F)cn3)c(C#N)c2)nc1=O. The second-order valence-corrected chi connectivity index (χ2v) is 8.40. The molecular weight excluding hydrogens is 501 g/mol. The zero-order valence-electron chi connectivity index (χ0n) is 20.0. The van der Waals surface area contributed by atoms with Crippen LogP contribution in [0.1, 0.15) is 22.3 Å². The van der Waals surface area contributed by atoms with Gasteiger partial charge in [0.25, 0.3) is 0 Å². The number of hydrogen-bond acceptors (Lipinski definition) is 7. The second-order valence-electron chi connectivity index (χ2n) is 8.40. The lowest BCUT2D eigenvalue weighted by molar-refractivity contribution is -0.137. The lowest BCUT2D eigenvalue weighted by Crippen LogP contribution is -2.28. The van der Waals surface area contributed by atoms with E-state index in [1.807, 2.05) is 24.3 Å². The maximum absolute atomic E-state index is 12.7. The Balaban J connectivity index is 1.33. The summed E-state index contributed by atoms with van der Waals surface area (Å²) in [5.74, 6) is 0.911. The summed E-state index contributed by atoms with van der Waals surface area (Å²) in [6.07, 6.45) is -3.18. The Morgan fingerprint density at radius 2 is 1.92 bits per heavy atom. The van der Waals surface area contributed by atoms with Crippen LogP contribution < -0.4 is 19.9 Å². The van der Waals surface area contributed by atoms with Crippen LogP contribution in [0, 0.1) is 11.3 Å². The number of methoxy groups -OCH3 is 1. The van der Waals surface area contributed by atoms with Crippen molar-refractivity contribution in [1.29, 1.82) is 5.26 Å². The summed E-state index contributed by atoms with van der Waals surface area (Å²) in [6, 6.07) is 15.9. The van der Waals surface area contributed by atoms with Crippen LogP contribution >= 0.6 is 0 Å². The van der Waals surface area contributed by atoms with Gasteiger partial charge in [-0.1, -0.05) is 6.07 Å². The Morgan fingerprint density at radius 3 is 2.63 bits per heavy atom. The number of pyridine rings is 1. The number of benzene rings is 2. The van der Waals surface area contributed by atoms with Gasteiger partial charge < -0.3 is 14.2 Å². The Bertz CT molecular complexity index is 1610. The molecule has 192 valence electrons. The molecule has 1 aliphatic rings. The fraction of sp³-hybridized carbons (Fsp3) is 0.185. The zero-order valence-corrected chi connectivity index (χ0v) is 20.0. The number of ether oxygens (including phenoxy) is 3. The summed E-state index contributed by atoms with van der Waals surface area (Å²) in [5.41, 5.74) is 2.03. The van der Waals surface area contributed by atoms with Crippen molar-refractivity contribution in [2.75, 3.05) is 7.11 Å². The predicted molar refractivity (Wildman–Crippen MR) is 129 cm³/mol. The molecule has 5 rings (SSSR count). The highest BCUT2D eigenvalue weighted by atomic mass is 19.4. The molecular formula is C27H19F3N4O4. The van der Waals surface area contributed by atoms with Gasteiger partial charge in [-0.3, -0.25) is 4.57 Å². The molecule has 0 saturated heterocycles. The first-order chi connectivity index (χ1) is 18.2. The van der Waals surface area contributed by atoms with Gasteiger partial charge in [0.2, 0.25) is 11.8 Å². The Kier molecular flexibility index (Phi) is 6.46. The van der Waals surface area contributed by atoms with Gasteiger partial charge in [-0.2, -0.15) is 23.4 Å². The largest absolute Gasteiger partial charge is 0.497 e. The molecule has 38 heavy (non-hydrogen) atoms. The molecule has 2 aromatic carbocycles. The van der Waals surface area contributed by atoms with Crippen molar-refractivity contribution in [2.45, 2.75) is 25.7 Å². The Hall–Kier alpha value is -4.85. The highest BCUT2D eigenvalue weighted by Gasteiger charge is 2.30. The van der Waals surface area contributed by atoms with Crippen molar-refractivity contribution in [3.63, 3.8) is 0 Å². The van der Waals surface area contributed by atoms with Crippen LogP contribution in [0.3, 0.4) is 0 Å². The molecule has 0 radical (unpaired) electrons. The van der Waals surface area contributed by atoms with Gasteiger partial charge in [0.05, 0.1) is 23.9 Å². The van der Waals surface area contributed by atoms with Gasteiger partial charge in [-0.25, -0.2) is 9.78 Å². The van der Waals surface area contributed by atoms with E-state index in [9.17, 15) is 23.2 Å². The summed E-state index contributed by atoms with van der Waals surface area (Å²) in [7, 11) is 1.60. The molecule has 4 aromatic rings. The number of nitriles is 1. The van der Waals surface area contributed by atoms with Crippen molar-refractivity contribution in [2.24, 2.45) is 0 Å². The smallest absolute Gasteiger partial charge is 0.417 e. The standard InChI is InChI=1S/C27H19F3N4O4/c1-36-20-4-5-21-17(11-20)8-9-34-22(21)12-25(33-26(34)35)37-15-16-2-6-23(18(10-16)13-31)38-24-7-3-19(14-32-24)27(28,29)30/h2-7,10-12,14H,8-9,15H2,1H3. The molecule has 0 fully saturated rings. The number of aryl methyl sites for hydroxylation is 1. The summed E-state index contributed by atoms with van der Waals surface area (Å²) < 4.78 is 56.4. The van der Waals surface area contributed by atoms with Crippen molar-refractivity contribution in [3.05, 3.63) is 93.5 Å². The lowest BCUT2D eigenvalue weighted by Gasteiger charge is -2.22. The normalized spacial score (nSPS) is 12.2. The number of halogens is 3.